The zero-order chi connectivity index (χ0) is 17.1. The van der Waals surface area contributed by atoms with Crippen molar-refractivity contribution in [1.82, 2.24) is 39.6 Å². The van der Waals surface area contributed by atoms with Crippen molar-refractivity contribution in [2.75, 3.05) is 37.6 Å². The van der Waals surface area contributed by atoms with E-state index in [0.717, 1.165) is 56.6 Å². The summed E-state index contributed by atoms with van der Waals surface area (Å²) < 4.78 is 1.79. The molecule has 4 rings (SSSR count). The summed E-state index contributed by atoms with van der Waals surface area (Å²) in [5, 5.41) is 12.7. The lowest BCUT2D eigenvalue weighted by molar-refractivity contribution is 0.239. The Balaban J connectivity index is 1.36. The van der Waals surface area contributed by atoms with E-state index in [1.54, 1.807) is 28.2 Å². The van der Waals surface area contributed by atoms with Gasteiger partial charge in [-0.05, 0) is 13.0 Å². The number of piperazine rings is 1. The summed E-state index contributed by atoms with van der Waals surface area (Å²) in [5.74, 6) is 1.75. The summed E-state index contributed by atoms with van der Waals surface area (Å²) >= 11 is 0. The first-order chi connectivity index (χ1) is 12.3. The Morgan fingerprint density at radius 1 is 0.960 bits per heavy atom. The lowest BCUT2D eigenvalue weighted by Crippen LogP contribution is -2.47. The van der Waals surface area contributed by atoms with Crippen LogP contribution in [0, 0.1) is 6.92 Å². The highest BCUT2D eigenvalue weighted by Gasteiger charge is 2.18. The van der Waals surface area contributed by atoms with Gasteiger partial charge < -0.3 is 4.90 Å². The zero-order valence-corrected chi connectivity index (χ0v) is 14.2. The van der Waals surface area contributed by atoms with E-state index in [2.05, 4.69) is 35.1 Å². The van der Waals surface area contributed by atoms with Gasteiger partial charge in [-0.15, -0.1) is 0 Å². The molecule has 0 saturated carbocycles. The van der Waals surface area contributed by atoms with E-state index in [4.69, 9.17) is 0 Å². The van der Waals surface area contributed by atoms with Crippen molar-refractivity contribution in [3.63, 3.8) is 0 Å². The smallest absolute Gasteiger partial charge is 0.158 e. The molecule has 0 aliphatic carbocycles. The van der Waals surface area contributed by atoms with Gasteiger partial charge in [0.25, 0.3) is 0 Å². The number of nitrogens with zero attached hydrogens (tertiary/aromatic N) is 9. The van der Waals surface area contributed by atoms with Gasteiger partial charge in [0, 0.05) is 45.0 Å². The quantitative estimate of drug-likeness (QED) is 0.665. The van der Waals surface area contributed by atoms with E-state index in [9.17, 15) is 0 Å². The number of aryl methyl sites for hydroxylation is 1. The molecule has 1 fully saturated rings. The molecule has 0 atom stereocenters. The van der Waals surface area contributed by atoms with E-state index in [0.29, 0.717) is 0 Å². The van der Waals surface area contributed by atoms with Crippen molar-refractivity contribution < 1.29 is 0 Å². The third-order valence-electron chi connectivity index (χ3n) is 4.37. The maximum atomic E-state index is 4.44. The molecule has 9 heteroatoms. The zero-order valence-electron chi connectivity index (χ0n) is 14.2. The molecule has 0 unspecified atom stereocenters. The third-order valence-corrected chi connectivity index (χ3v) is 4.37. The van der Waals surface area contributed by atoms with Crippen LogP contribution in [0.3, 0.4) is 0 Å². The molecule has 0 N–H and O–H groups in total. The van der Waals surface area contributed by atoms with Gasteiger partial charge in [-0.2, -0.15) is 20.1 Å². The van der Waals surface area contributed by atoms with Gasteiger partial charge in [-0.25, -0.2) is 14.6 Å². The van der Waals surface area contributed by atoms with Gasteiger partial charge >= 0.3 is 0 Å². The summed E-state index contributed by atoms with van der Waals surface area (Å²) in [6.07, 6.45) is 6.96. The molecule has 3 aromatic rings. The molecule has 0 aromatic carbocycles. The van der Waals surface area contributed by atoms with Gasteiger partial charge in [-0.1, -0.05) is 0 Å². The minimum atomic E-state index is 0.797. The van der Waals surface area contributed by atoms with E-state index in [-0.39, 0.29) is 0 Å². The van der Waals surface area contributed by atoms with Crippen LogP contribution in [0.25, 0.3) is 5.82 Å². The number of aromatic nitrogens is 7. The molecule has 130 valence electrons. The fourth-order valence-electron chi connectivity index (χ4n) is 2.97. The van der Waals surface area contributed by atoms with E-state index < -0.39 is 0 Å². The standard InChI is InChI=1S/C16H21N9/c1-14-2-5-24(21-14)16-12-15(17-13-18-16)23-9-6-22(7-10-23)8-11-25-19-3-4-20-25/h2-5,12-13H,6-11H2,1H3. The van der Waals surface area contributed by atoms with Crippen molar-refractivity contribution in [1.29, 1.82) is 0 Å². The molecule has 1 saturated heterocycles. The average Bonchev–Trinajstić information content (AvgIpc) is 3.32. The minimum Gasteiger partial charge on any atom is -0.354 e. The van der Waals surface area contributed by atoms with Crippen molar-refractivity contribution in [2.24, 2.45) is 0 Å². The molecule has 0 radical (unpaired) electrons. The van der Waals surface area contributed by atoms with Crippen LogP contribution in [0.1, 0.15) is 5.69 Å². The largest absolute Gasteiger partial charge is 0.354 e. The van der Waals surface area contributed by atoms with Crippen molar-refractivity contribution >= 4 is 5.82 Å². The predicted molar refractivity (Wildman–Crippen MR) is 92.6 cm³/mol. The Labute approximate surface area is 145 Å². The first kappa shape index (κ1) is 15.7. The molecular weight excluding hydrogens is 318 g/mol. The molecule has 1 aliphatic rings. The number of rotatable bonds is 5. The Bertz CT molecular complexity index is 803. The van der Waals surface area contributed by atoms with Crippen molar-refractivity contribution in [2.45, 2.75) is 13.5 Å². The Kier molecular flexibility index (Phi) is 4.38. The molecule has 0 amide bonds. The molecule has 3 aromatic heterocycles. The van der Waals surface area contributed by atoms with Crippen LogP contribution in [-0.4, -0.2) is 72.4 Å². The van der Waals surface area contributed by atoms with Crippen LogP contribution in [0.5, 0.6) is 0 Å². The van der Waals surface area contributed by atoms with Crippen LogP contribution < -0.4 is 4.90 Å². The third kappa shape index (κ3) is 3.66. The molecule has 0 spiro atoms. The van der Waals surface area contributed by atoms with Gasteiger partial charge in [0.2, 0.25) is 0 Å². The van der Waals surface area contributed by atoms with Gasteiger partial charge in [0.15, 0.2) is 5.82 Å². The van der Waals surface area contributed by atoms with Crippen LogP contribution in [0.2, 0.25) is 0 Å². The lowest BCUT2D eigenvalue weighted by atomic mass is 10.3. The average molecular weight is 339 g/mol. The second-order valence-electron chi connectivity index (χ2n) is 6.09. The highest BCUT2D eigenvalue weighted by atomic mass is 15.5. The predicted octanol–water partition coefficient (Wildman–Crippen LogP) is 0.384. The topological polar surface area (TPSA) is 80.8 Å². The second-order valence-corrected chi connectivity index (χ2v) is 6.09. The second kappa shape index (κ2) is 6.98. The minimum absolute atomic E-state index is 0.797. The molecular formula is C16H21N9. The van der Waals surface area contributed by atoms with Crippen LogP contribution in [0.15, 0.2) is 37.1 Å². The molecule has 0 bridgehead atoms. The molecule has 1 aliphatic heterocycles. The summed E-state index contributed by atoms with van der Waals surface area (Å²) in [5.41, 5.74) is 0.973. The lowest BCUT2D eigenvalue weighted by Gasteiger charge is -2.35. The maximum absolute atomic E-state index is 4.44. The first-order valence-corrected chi connectivity index (χ1v) is 8.44. The van der Waals surface area contributed by atoms with Crippen molar-refractivity contribution in [3.8, 4) is 5.82 Å². The Morgan fingerprint density at radius 2 is 1.72 bits per heavy atom. The highest BCUT2D eigenvalue weighted by molar-refractivity contribution is 5.43. The van der Waals surface area contributed by atoms with Crippen molar-refractivity contribution in [3.05, 3.63) is 42.7 Å². The summed E-state index contributed by atoms with van der Waals surface area (Å²) in [6.45, 7) is 7.65. The monoisotopic (exact) mass is 339 g/mol. The fraction of sp³-hybridized carbons (Fsp3) is 0.438. The normalized spacial score (nSPS) is 15.6. The van der Waals surface area contributed by atoms with Crippen LogP contribution in [-0.2, 0) is 6.54 Å². The highest BCUT2D eigenvalue weighted by Crippen LogP contribution is 2.16. The maximum Gasteiger partial charge on any atom is 0.158 e. The fourth-order valence-corrected chi connectivity index (χ4v) is 2.97. The van der Waals surface area contributed by atoms with E-state index in [1.165, 1.54) is 0 Å². The molecule has 4 heterocycles. The summed E-state index contributed by atoms with van der Waals surface area (Å²) in [6, 6.07) is 3.96. The van der Waals surface area contributed by atoms with Gasteiger partial charge in [-0.3, -0.25) is 4.90 Å². The number of anilines is 1. The Hall–Kier alpha value is -2.81. The van der Waals surface area contributed by atoms with E-state index >= 15 is 0 Å². The SMILES string of the molecule is Cc1ccn(-c2cc(N3CCN(CCn4nccn4)CC3)ncn2)n1. The Morgan fingerprint density at radius 3 is 2.44 bits per heavy atom. The van der Waals surface area contributed by atoms with E-state index in [1.807, 2.05) is 25.3 Å². The van der Waals surface area contributed by atoms with Gasteiger partial charge in [0.05, 0.1) is 24.6 Å². The summed E-state index contributed by atoms with van der Waals surface area (Å²) in [4.78, 5) is 15.2. The molecule has 9 nitrogen and oxygen atoms in total. The van der Waals surface area contributed by atoms with Crippen LogP contribution in [0.4, 0.5) is 5.82 Å². The van der Waals surface area contributed by atoms with Gasteiger partial charge in [0.1, 0.15) is 12.1 Å². The molecule has 25 heavy (non-hydrogen) atoms. The number of hydrogen-bond acceptors (Lipinski definition) is 7. The van der Waals surface area contributed by atoms with Crippen LogP contribution >= 0.6 is 0 Å². The number of hydrogen-bond donors (Lipinski definition) is 0. The summed E-state index contributed by atoms with van der Waals surface area (Å²) in [7, 11) is 0. The first-order valence-electron chi connectivity index (χ1n) is 8.44.